The Kier molecular flexibility index (Phi) is 4.24. The van der Waals surface area contributed by atoms with Gasteiger partial charge in [0.05, 0.1) is 23.2 Å². The van der Waals surface area contributed by atoms with Crippen LogP contribution in [0.2, 0.25) is 0 Å². The van der Waals surface area contributed by atoms with Gasteiger partial charge in [-0.2, -0.15) is 0 Å². The van der Waals surface area contributed by atoms with Crippen molar-refractivity contribution >= 4 is 50.1 Å². The van der Waals surface area contributed by atoms with Gasteiger partial charge in [-0.15, -0.1) is 0 Å². The fourth-order valence-electron chi connectivity index (χ4n) is 4.23. The molecule has 0 unspecified atom stereocenters. The summed E-state index contributed by atoms with van der Waals surface area (Å²) in [6.07, 6.45) is 2.20. The van der Waals surface area contributed by atoms with E-state index in [1.54, 1.807) is 0 Å². The molecule has 0 aliphatic heterocycles. The molecular weight excluding hydrogens is 380 g/mol. The van der Waals surface area contributed by atoms with Crippen LogP contribution in [0.15, 0.2) is 53.5 Å². The molecule has 2 aromatic carbocycles. The number of nitrogens with one attached hydrogen (secondary N) is 2. The van der Waals surface area contributed by atoms with Crippen LogP contribution in [-0.4, -0.2) is 26.7 Å². The minimum atomic E-state index is -0.470. The lowest BCUT2D eigenvalue weighted by molar-refractivity contribution is 0.161. The lowest BCUT2D eigenvalue weighted by Crippen LogP contribution is -2.13. The molecule has 5 aromatic rings. The molecular formula is C23H22N4O3. The predicted octanol–water partition coefficient (Wildman–Crippen LogP) is 4.87. The number of aryl methyl sites for hydroxylation is 1. The van der Waals surface area contributed by atoms with Crippen LogP contribution in [0.4, 0.5) is 10.5 Å². The number of aromatic amines is 1. The molecule has 30 heavy (non-hydrogen) atoms. The standard InChI is InChI=1S/C23H22N4O3/c1-3-12-30-23(29)24-14-7-8-16-15(13-14)20-17(26(16)4-2)9-10-18-21(20)25-22(28)19-6-5-11-27(18)19/h5-11,13H,3-4,12H2,1-2H3,(H,24,29)(H,25,28). The molecule has 0 bridgehead atoms. The maximum absolute atomic E-state index is 12.7. The fourth-order valence-corrected chi connectivity index (χ4v) is 4.23. The van der Waals surface area contributed by atoms with Crippen LogP contribution in [0.5, 0.6) is 0 Å². The number of hydrogen-bond donors (Lipinski definition) is 2. The number of anilines is 1. The minimum absolute atomic E-state index is 0.130. The Hall–Kier alpha value is -3.74. The molecule has 0 atom stereocenters. The van der Waals surface area contributed by atoms with Crippen LogP contribution in [0, 0.1) is 0 Å². The zero-order valence-corrected chi connectivity index (χ0v) is 16.9. The van der Waals surface area contributed by atoms with Crippen LogP contribution in [0.1, 0.15) is 20.3 Å². The number of aromatic nitrogens is 3. The number of carbonyl (C=O) groups is 1. The Morgan fingerprint density at radius 3 is 2.67 bits per heavy atom. The van der Waals surface area contributed by atoms with Crippen molar-refractivity contribution in [3.8, 4) is 0 Å². The quantitative estimate of drug-likeness (QED) is 0.450. The molecule has 1 amide bonds. The molecule has 0 saturated carbocycles. The summed E-state index contributed by atoms with van der Waals surface area (Å²) in [5.74, 6) is 0. The highest BCUT2D eigenvalue weighted by molar-refractivity contribution is 6.19. The fraction of sp³-hybridized carbons (Fsp3) is 0.217. The van der Waals surface area contributed by atoms with Gasteiger partial charge in [0.15, 0.2) is 0 Å². The number of carbonyl (C=O) groups excluding carboxylic acids is 1. The first-order valence-corrected chi connectivity index (χ1v) is 10.1. The molecule has 5 rings (SSSR count). The maximum atomic E-state index is 12.7. The van der Waals surface area contributed by atoms with Crippen molar-refractivity contribution in [2.45, 2.75) is 26.8 Å². The number of amides is 1. The second-order valence-corrected chi connectivity index (χ2v) is 7.31. The monoisotopic (exact) mass is 402 g/mol. The Morgan fingerprint density at radius 2 is 1.87 bits per heavy atom. The number of fused-ring (bicyclic) bond motifs is 7. The summed E-state index contributed by atoms with van der Waals surface area (Å²) < 4.78 is 9.26. The molecule has 3 heterocycles. The highest BCUT2D eigenvalue weighted by Gasteiger charge is 2.16. The van der Waals surface area contributed by atoms with Gasteiger partial charge >= 0.3 is 6.09 Å². The summed E-state index contributed by atoms with van der Waals surface area (Å²) in [5.41, 5.74) is 4.92. The SMILES string of the molecule is CCCOC(=O)Nc1ccc2c(c1)c1c3[nH]c(=O)c4cccn4c3ccc1n2CC. The first-order valence-electron chi connectivity index (χ1n) is 10.1. The molecule has 7 nitrogen and oxygen atoms in total. The van der Waals surface area contributed by atoms with Crippen molar-refractivity contribution in [3.63, 3.8) is 0 Å². The van der Waals surface area contributed by atoms with Crippen LogP contribution < -0.4 is 10.9 Å². The third-order valence-electron chi connectivity index (χ3n) is 5.49. The van der Waals surface area contributed by atoms with Gasteiger partial charge in [0.25, 0.3) is 5.56 Å². The Balaban J connectivity index is 1.81. The smallest absolute Gasteiger partial charge is 0.411 e. The van der Waals surface area contributed by atoms with Crippen molar-refractivity contribution in [2.24, 2.45) is 0 Å². The van der Waals surface area contributed by atoms with Crippen molar-refractivity contribution in [1.82, 2.24) is 14.0 Å². The number of H-pyrrole nitrogens is 1. The zero-order chi connectivity index (χ0) is 20.8. The summed E-state index contributed by atoms with van der Waals surface area (Å²) >= 11 is 0. The molecule has 0 saturated heterocycles. The number of nitrogens with zero attached hydrogens (tertiary/aromatic N) is 2. The second kappa shape index (κ2) is 6.95. The van der Waals surface area contributed by atoms with Gasteiger partial charge in [-0.25, -0.2) is 4.79 Å². The Morgan fingerprint density at radius 1 is 1.07 bits per heavy atom. The summed E-state index contributed by atoms with van der Waals surface area (Å²) in [6, 6.07) is 13.6. The Labute approximate surface area is 171 Å². The molecule has 0 aliphatic carbocycles. The van der Waals surface area contributed by atoms with Crippen molar-refractivity contribution in [3.05, 3.63) is 59.0 Å². The van der Waals surface area contributed by atoms with Gasteiger partial charge in [0.2, 0.25) is 0 Å². The van der Waals surface area contributed by atoms with E-state index >= 15 is 0 Å². The van der Waals surface area contributed by atoms with Crippen LogP contribution in [0.25, 0.3) is 38.4 Å². The summed E-state index contributed by atoms with van der Waals surface area (Å²) in [7, 11) is 0. The van der Waals surface area contributed by atoms with Gasteiger partial charge in [-0.05, 0) is 55.8 Å². The van der Waals surface area contributed by atoms with Crippen LogP contribution in [0.3, 0.4) is 0 Å². The lowest BCUT2D eigenvalue weighted by Gasteiger charge is -2.07. The third-order valence-corrected chi connectivity index (χ3v) is 5.49. The van der Waals surface area contributed by atoms with E-state index in [2.05, 4.69) is 27.9 Å². The van der Waals surface area contributed by atoms with E-state index in [0.29, 0.717) is 17.8 Å². The van der Waals surface area contributed by atoms with E-state index in [1.807, 2.05) is 53.9 Å². The van der Waals surface area contributed by atoms with E-state index in [-0.39, 0.29) is 5.56 Å². The minimum Gasteiger partial charge on any atom is -0.449 e. The van der Waals surface area contributed by atoms with Gasteiger partial charge in [0, 0.05) is 34.7 Å². The number of hydrogen-bond acceptors (Lipinski definition) is 3. The van der Waals surface area contributed by atoms with E-state index in [9.17, 15) is 9.59 Å². The van der Waals surface area contributed by atoms with E-state index in [4.69, 9.17) is 4.74 Å². The Bertz CT molecular complexity index is 1490. The van der Waals surface area contributed by atoms with E-state index < -0.39 is 6.09 Å². The molecule has 0 aliphatic rings. The first kappa shape index (κ1) is 18.3. The van der Waals surface area contributed by atoms with E-state index in [0.717, 1.165) is 45.8 Å². The summed E-state index contributed by atoms with van der Waals surface area (Å²) in [5, 5.41) is 4.72. The number of rotatable bonds is 4. The van der Waals surface area contributed by atoms with Gasteiger partial charge in [0.1, 0.15) is 5.52 Å². The first-order chi connectivity index (χ1) is 14.6. The highest BCUT2D eigenvalue weighted by Crippen LogP contribution is 2.35. The number of benzene rings is 2. The van der Waals surface area contributed by atoms with E-state index in [1.165, 1.54) is 0 Å². The molecule has 0 spiro atoms. The maximum Gasteiger partial charge on any atom is 0.411 e. The lowest BCUT2D eigenvalue weighted by atomic mass is 10.1. The van der Waals surface area contributed by atoms with Crippen molar-refractivity contribution in [1.29, 1.82) is 0 Å². The second-order valence-electron chi connectivity index (χ2n) is 7.31. The van der Waals surface area contributed by atoms with Crippen molar-refractivity contribution in [2.75, 3.05) is 11.9 Å². The van der Waals surface area contributed by atoms with Crippen LogP contribution in [-0.2, 0) is 11.3 Å². The normalized spacial score (nSPS) is 11.7. The average molecular weight is 402 g/mol. The van der Waals surface area contributed by atoms with Gasteiger partial charge in [-0.1, -0.05) is 6.92 Å². The molecule has 3 aromatic heterocycles. The van der Waals surface area contributed by atoms with Crippen LogP contribution >= 0.6 is 0 Å². The number of ether oxygens (including phenoxy) is 1. The largest absolute Gasteiger partial charge is 0.449 e. The van der Waals surface area contributed by atoms with Crippen molar-refractivity contribution < 1.29 is 9.53 Å². The summed E-state index contributed by atoms with van der Waals surface area (Å²) in [6.45, 7) is 5.20. The van der Waals surface area contributed by atoms with Gasteiger partial charge in [-0.3, -0.25) is 10.1 Å². The zero-order valence-electron chi connectivity index (χ0n) is 16.9. The summed E-state index contributed by atoms with van der Waals surface area (Å²) in [4.78, 5) is 27.8. The molecule has 152 valence electrons. The third kappa shape index (κ3) is 2.66. The topological polar surface area (TPSA) is 80.5 Å². The highest BCUT2D eigenvalue weighted by atomic mass is 16.5. The van der Waals surface area contributed by atoms with Gasteiger partial charge < -0.3 is 18.7 Å². The molecule has 0 radical (unpaired) electrons. The predicted molar refractivity (Wildman–Crippen MR) is 119 cm³/mol. The molecule has 7 heteroatoms. The molecule has 2 N–H and O–H groups in total. The molecule has 0 fully saturated rings. The average Bonchev–Trinajstić information content (AvgIpc) is 3.35.